The first-order valence-corrected chi connectivity index (χ1v) is 4.72. The minimum atomic E-state index is -0.186. The topological polar surface area (TPSA) is 64.7 Å². The molecule has 0 bridgehead atoms. The van der Waals surface area contributed by atoms with Gasteiger partial charge in [0, 0.05) is 18.1 Å². The van der Waals surface area contributed by atoms with Crippen molar-refractivity contribution in [1.82, 2.24) is 15.2 Å². The van der Waals surface area contributed by atoms with E-state index in [1.165, 1.54) is 0 Å². The number of aromatic nitrogens is 3. The molecule has 0 radical (unpaired) electrons. The van der Waals surface area contributed by atoms with Crippen LogP contribution in [0.5, 0.6) is 0 Å². The van der Waals surface area contributed by atoms with Gasteiger partial charge in [-0.2, -0.15) is 10.2 Å². The summed E-state index contributed by atoms with van der Waals surface area (Å²) in [6, 6.07) is 5.60. The van der Waals surface area contributed by atoms with Crippen LogP contribution in [0.3, 0.4) is 0 Å². The van der Waals surface area contributed by atoms with Crippen molar-refractivity contribution in [2.75, 3.05) is 0 Å². The number of rotatable bonds is 2. The minimum Gasteiger partial charge on any atom is -0.320 e. The maximum Gasteiger partial charge on any atom is 0.0583 e. The molecule has 4 nitrogen and oxygen atoms in total. The highest BCUT2D eigenvalue weighted by molar-refractivity contribution is 5.27. The second kappa shape index (κ2) is 4.14. The highest BCUT2D eigenvalue weighted by Crippen LogP contribution is 2.17. The van der Waals surface area contributed by atoms with E-state index in [4.69, 9.17) is 5.73 Å². The molecule has 15 heavy (non-hydrogen) atoms. The van der Waals surface area contributed by atoms with Crippen LogP contribution in [0.15, 0.2) is 36.8 Å². The summed E-state index contributed by atoms with van der Waals surface area (Å²) >= 11 is 0. The molecular formula is C11H12N4. The van der Waals surface area contributed by atoms with E-state index < -0.39 is 0 Å². The summed E-state index contributed by atoms with van der Waals surface area (Å²) in [7, 11) is 0. The highest BCUT2D eigenvalue weighted by Gasteiger charge is 2.08. The molecule has 4 heteroatoms. The monoisotopic (exact) mass is 200 g/mol. The third kappa shape index (κ3) is 2.16. The van der Waals surface area contributed by atoms with Gasteiger partial charge in [0.2, 0.25) is 0 Å². The summed E-state index contributed by atoms with van der Waals surface area (Å²) in [5.74, 6) is 0. The quantitative estimate of drug-likeness (QED) is 0.791. The van der Waals surface area contributed by atoms with E-state index in [-0.39, 0.29) is 6.04 Å². The summed E-state index contributed by atoms with van der Waals surface area (Å²) in [6.45, 7) is 1.95. The Labute approximate surface area is 88.2 Å². The van der Waals surface area contributed by atoms with Gasteiger partial charge >= 0.3 is 0 Å². The predicted octanol–water partition coefficient (Wildman–Crippen LogP) is 1.23. The van der Waals surface area contributed by atoms with Gasteiger partial charge < -0.3 is 5.73 Å². The molecule has 1 unspecified atom stereocenters. The normalized spacial score (nSPS) is 12.4. The molecule has 0 aliphatic heterocycles. The third-order valence-electron chi connectivity index (χ3n) is 2.26. The average Bonchev–Trinajstić information content (AvgIpc) is 2.30. The lowest BCUT2D eigenvalue weighted by Gasteiger charge is -2.10. The number of nitrogens with zero attached hydrogens (tertiary/aromatic N) is 3. The van der Waals surface area contributed by atoms with Gasteiger partial charge in [-0.15, -0.1) is 0 Å². The Kier molecular flexibility index (Phi) is 2.69. The van der Waals surface area contributed by atoms with Gasteiger partial charge in [0.1, 0.15) is 0 Å². The molecule has 2 aromatic rings. The van der Waals surface area contributed by atoms with Crippen molar-refractivity contribution >= 4 is 0 Å². The Morgan fingerprint density at radius 3 is 2.47 bits per heavy atom. The fourth-order valence-electron chi connectivity index (χ4n) is 1.34. The van der Waals surface area contributed by atoms with Crippen LogP contribution in [0.25, 0.3) is 0 Å². The zero-order valence-corrected chi connectivity index (χ0v) is 8.46. The Hall–Kier alpha value is -1.81. The first-order chi connectivity index (χ1) is 7.27. The largest absolute Gasteiger partial charge is 0.320 e. The van der Waals surface area contributed by atoms with Gasteiger partial charge in [-0.05, 0) is 30.2 Å². The van der Waals surface area contributed by atoms with Gasteiger partial charge in [-0.3, -0.25) is 4.98 Å². The summed E-state index contributed by atoms with van der Waals surface area (Å²) in [6.07, 6.45) is 5.10. The van der Waals surface area contributed by atoms with E-state index in [1.807, 2.05) is 25.1 Å². The molecule has 0 saturated heterocycles. The van der Waals surface area contributed by atoms with Crippen LogP contribution in [0, 0.1) is 6.92 Å². The minimum absolute atomic E-state index is 0.186. The zero-order valence-electron chi connectivity index (χ0n) is 8.46. The molecule has 0 saturated carbocycles. The zero-order chi connectivity index (χ0) is 10.7. The number of pyridine rings is 1. The molecule has 0 aromatic carbocycles. The molecule has 0 fully saturated rings. The van der Waals surface area contributed by atoms with E-state index >= 15 is 0 Å². The lowest BCUT2D eigenvalue weighted by atomic mass is 10.0. The number of hydrogen-bond donors (Lipinski definition) is 1. The molecular weight excluding hydrogens is 188 g/mol. The lowest BCUT2D eigenvalue weighted by molar-refractivity contribution is 0.837. The van der Waals surface area contributed by atoms with Gasteiger partial charge in [0.25, 0.3) is 0 Å². The second-order valence-corrected chi connectivity index (χ2v) is 3.39. The van der Waals surface area contributed by atoms with Crippen LogP contribution in [-0.4, -0.2) is 15.2 Å². The highest BCUT2D eigenvalue weighted by atomic mass is 15.1. The van der Waals surface area contributed by atoms with E-state index in [2.05, 4.69) is 15.2 Å². The summed E-state index contributed by atoms with van der Waals surface area (Å²) < 4.78 is 0. The van der Waals surface area contributed by atoms with Crippen molar-refractivity contribution < 1.29 is 0 Å². The van der Waals surface area contributed by atoms with Crippen molar-refractivity contribution in [2.45, 2.75) is 13.0 Å². The Morgan fingerprint density at radius 2 is 1.87 bits per heavy atom. The van der Waals surface area contributed by atoms with Crippen LogP contribution < -0.4 is 5.73 Å². The summed E-state index contributed by atoms with van der Waals surface area (Å²) in [4.78, 5) is 4.21. The van der Waals surface area contributed by atoms with E-state index in [9.17, 15) is 0 Å². The van der Waals surface area contributed by atoms with Crippen LogP contribution in [0.1, 0.15) is 22.9 Å². The Morgan fingerprint density at radius 1 is 1.07 bits per heavy atom. The molecule has 0 aliphatic rings. The van der Waals surface area contributed by atoms with Crippen LogP contribution in [-0.2, 0) is 0 Å². The Bertz CT molecular complexity index is 424. The SMILES string of the molecule is Cc1ccc(C(N)c2ccnnc2)cn1. The molecule has 76 valence electrons. The molecule has 0 spiro atoms. The van der Waals surface area contributed by atoms with Crippen molar-refractivity contribution in [3.8, 4) is 0 Å². The van der Waals surface area contributed by atoms with E-state index in [1.54, 1.807) is 18.6 Å². The average molecular weight is 200 g/mol. The maximum atomic E-state index is 6.06. The van der Waals surface area contributed by atoms with Crippen LogP contribution in [0.2, 0.25) is 0 Å². The maximum absolute atomic E-state index is 6.06. The molecule has 2 heterocycles. The number of hydrogen-bond acceptors (Lipinski definition) is 4. The smallest absolute Gasteiger partial charge is 0.0583 e. The predicted molar refractivity (Wildman–Crippen MR) is 57.0 cm³/mol. The number of aryl methyl sites for hydroxylation is 1. The van der Waals surface area contributed by atoms with E-state index in [0.717, 1.165) is 16.8 Å². The molecule has 2 N–H and O–H groups in total. The van der Waals surface area contributed by atoms with Gasteiger partial charge in [0.05, 0.1) is 12.2 Å². The lowest BCUT2D eigenvalue weighted by Crippen LogP contribution is -2.12. The molecule has 0 amide bonds. The number of nitrogens with two attached hydrogens (primary N) is 1. The van der Waals surface area contributed by atoms with Gasteiger partial charge in [0.15, 0.2) is 0 Å². The fraction of sp³-hybridized carbons (Fsp3) is 0.182. The first-order valence-electron chi connectivity index (χ1n) is 4.72. The van der Waals surface area contributed by atoms with Crippen molar-refractivity contribution in [3.05, 3.63) is 53.6 Å². The van der Waals surface area contributed by atoms with Crippen molar-refractivity contribution in [1.29, 1.82) is 0 Å². The van der Waals surface area contributed by atoms with Crippen molar-refractivity contribution in [2.24, 2.45) is 5.73 Å². The summed E-state index contributed by atoms with van der Waals surface area (Å²) in [5.41, 5.74) is 8.96. The summed E-state index contributed by atoms with van der Waals surface area (Å²) in [5, 5.41) is 7.51. The standard InChI is InChI=1S/C11H12N4/c1-8-2-3-9(6-13-8)11(12)10-4-5-14-15-7-10/h2-7,11H,12H2,1H3. The third-order valence-corrected chi connectivity index (χ3v) is 2.26. The van der Waals surface area contributed by atoms with E-state index in [0.29, 0.717) is 0 Å². The molecule has 1 atom stereocenters. The molecule has 2 rings (SSSR count). The molecule has 2 aromatic heterocycles. The van der Waals surface area contributed by atoms with Gasteiger partial charge in [-0.1, -0.05) is 6.07 Å². The first kappa shape index (κ1) is 9.73. The van der Waals surface area contributed by atoms with Crippen LogP contribution >= 0.6 is 0 Å². The van der Waals surface area contributed by atoms with Crippen LogP contribution in [0.4, 0.5) is 0 Å². The Balaban J connectivity index is 2.29. The fourth-order valence-corrected chi connectivity index (χ4v) is 1.34. The van der Waals surface area contributed by atoms with Gasteiger partial charge in [-0.25, -0.2) is 0 Å². The second-order valence-electron chi connectivity index (χ2n) is 3.39. The van der Waals surface area contributed by atoms with Crippen molar-refractivity contribution in [3.63, 3.8) is 0 Å². The molecule has 0 aliphatic carbocycles.